The van der Waals surface area contributed by atoms with E-state index in [4.69, 9.17) is 11.6 Å². The Hall–Kier alpha value is 1.08. The van der Waals surface area contributed by atoms with Crippen molar-refractivity contribution in [1.29, 1.82) is 0 Å². The van der Waals surface area contributed by atoms with Gasteiger partial charge in [0.1, 0.15) is 0 Å². The first-order chi connectivity index (χ1) is 5.98. The number of halogens is 6. The molecule has 0 aromatic rings. The molecule has 0 rings (SSSR count). The van der Waals surface area contributed by atoms with E-state index in [0.29, 0.717) is 0 Å². The quantitative estimate of drug-likeness (QED) is 0.723. The van der Waals surface area contributed by atoms with Gasteiger partial charge >= 0.3 is 12.4 Å². The van der Waals surface area contributed by atoms with E-state index in [1.165, 1.54) is 0 Å². The Morgan fingerprint density at radius 2 is 1.14 bits per heavy atom. The molecule has 0 bridgehead atoms. The Morgan fingerprint density at radius 3 is 1.29 bits per heavy atom. The molecule has 0 heterocycles. The second kappa shape index (κ2) is 5.98. The number of aliphatic hydroxyl groups is 2. The normalized spacial score (nSPS) is 20.4. The van der Waals surface area contributed by atoms with Crippen LogP contribution in [0.1, 0.15) is 7.77 Å². The molecule has 0 aliphatic heterocycles. The second-order valence-corrected chi connectivity index (χ2v) is 2.17. The molecular formula is C5H6EuF6O2. The number of alkyl halides is 6. The zero-order chi connectivity index (χ0) is 11.7. The van der Waals surface area contributed by atoms with Crippen LogP contribution in [-0.2, 0) is 0 Å². The van der Waals surface area contributed by atoms with Crippen LogP contribution in [0.25, 0.3) is 0 Å². The summed E-state index contributed by atoms with van der Waals surface area (Å²) in [7, 11) is 0. The summed E-state index contributed by atoms with van der Waals surface area (Å²) in [6.45, 7) is 0. The van der Waals surface area contributed by atoms with Crippen molar-refractivity contribution in [3.8, 4) is 0 Å². The van der Waals surface area contributed by atoms with E-state index in [-0.39, 0.29) is 49.4 Å². The molecule has 2 unspecified atom stereocenters. The summed E-state index contributed by atoms with van der Waals surface area (Å²) < 4.78 is 76.0. The van der Waals surface area contributed by atoms with Crippen LogP contribution >= 0.6 is 0 Å². The van der Waals surface area contributed by atoms with Gasteiger partial charge in [0.25, 0.3) is 0 Å². The molecule has 9 heteroatoms. The van der Waals surface area contributed by atoms with Crippen LogP contribution in [0.5, 0.6) is 0 Å². The summed E-state index contributed by atoms with van der Waals surface area (Å²) in [5.41, 5.74) is 0. The minimum absolute atomic E-state index is 0. The van der Waals surface area contributed by atoms with Gasteiger partial charge in [-0.25, -0.2) is 0 Å². The average molecular weight is 365 g/mol. The first kappa shape index (κ1) is 15.1. The minimum atomic E-state index is -5.36. The van der Waals surface area contributed by atoms with Crippen LogP contribution in [0.15, 0.2) is 0 Å². The second-order valence-electron chi connectivity index (χ2n) is 2.17. The molecule has 14 heavy (non-hydrogen) atoms. The molecule has 0 spiro atoms. The van der Waals surface area contributed by atoms with Gasteiger partial charge in [-0.2, -0.15) is 26.3 Å². The average Bonchev–Trinajstić information content (AvgIpc) is 1.97. The third-order valence-electron chi connectivity index (χ3n) is 1.04. The molecule has 0 saturated heterocycles. The maximum absolute atomic E-state index is 11.6. The number of aliphatic hydroxyl groups excluding tert-OH is 2. The van der Waals surface area contributed by atoms with Crippen LogP contribution < -0.4 is 0 Å². The monoisotopic (exact) mass is 366 g/mol. The van der Waals surface area contributed by atoms with Crippen molar-refractivity contribution in [3.63, 3.8) is 0 Å². The van der Waals surface area contributed by atoms with Crippen LogP contribution in [0.2, 0.25) is 0 Å². The molecule has 0 aromatic heterocycles. The van der Waals surface area contributed by atoms with E-state index in [0.717, 1.165) is 0 Å². The molecule has 2 atom stereocenters. The van der Waals surface area contributed by atoms with E-state index in [9.17, 15) is 26.3 Å². The van der Waals surface area contributed by atoms with Crippen LogP contribution in [0.3, 0.4) is 0 Å². The Balaban J connectivity index is 0. The SMILES string of the molecule is [2H]C(C(O)C(F)(F)F)C(O)C(F)(F)F.[Eu]. The first-order valence-electron chi connectivity index (χ1n) is 3.47. The summed E-state index contributed by atoms with van der Waals surface area (Å²) in [5.74, 6) is 0. The molecule has 2 N–H and O–H groups in total. The van der Waals surface area contributed by atoms with Crippen LogP contribution in [0, 0.1) is 49.4 Å². The molecule has 0 aromatic carbocycles. The number of hydrogen-bond acceptors (Lipinski definition) is 2. The van der Waals surface area contributed by atoms with Crippen molar-refractivity contribution in [1.82, 2.24) is 0 Å². The largest absolute Gasteiger partial charge is 0.414 e. The predicted octanol–water partition coefficient (Wildman–Crippen LogP) is 1.22. The first-order valence-corrected chi connectivity index (χ1v) is 2.89. The molecular weight excluding hydrogens is 358 g/mol. The van der Waals surface area contributed by atoms with Crippen LogP contribution in [-0.4, -0.2) is 34.8 Å². The molecule has 0 saturated carbocycles. The Kier molecular flexibility index (Phi) is 6.44. The topological polar surface area (TPSA) is 40.5 Å². The molecule has 0 aliphatic carbocycles. The van der Waals surface area contributed by atoms with Crippen molar-refractivity contribution < 1.29 is 87.3 Å². The van der Waals surface area contributed by atoms with Gasteiger partial charge in [-0.15, -0.1) is 0 Å². The Morgan fingerprint density at radius 1 is 0.929 bits per heavy atom. The van der Waals surface area contributed by atoms with Gasteiger partial charge in [-0.1, -0.05) is 0 Å². The summed E-state index contributed by atoms with van der Waals surface area (Å²) in [5, 5.41) is 16.4. The van der Waals surface area contributed by atoms with Crippen molar-refractivity contribution in [2.45, 2.75) is 31.0 Å². The van der Waals surface area contributed by atoms with Crippen molar-refractivity contribution in [2.24, 2.45) is 0 Å². The van der Waals surface area contributed by atoms with Crippen molar-refractivity contribution >= 4 is 0 Å². The van der Waals surface area contributed by atoms with Gasteiger partial charge in [0, 0.05) is 57.1 Å². The molecule has 0 amide bonds. The van der Waals surface area contributed by atoms with Gasteiger partial charge in [0.05, 0.1) is 0 Å². The van der Waals surface area contributed by atoms with Gasteiger partial charge in [-0.05, 0) is 0 Å². The van der Waals surface area contributed by atoms with E-state index in [1.807, 2.05) is 0 Å². The zero-order valence-electron chi connectivity index (χ0n) is 7.27. The number of hydrogen-bond donors (Lipinski definition) is 2. The molecule has 1 radical (unpaired) electrons. The van der Waals surface area contributed by atoms with Gasteiger partial charge < -0.3 is 10.2 Å². The molecule has 2 nitrogen and oxygen atoms in total. The third kappa shape index (κ3) is 6.55. The minimum Gasteiger partial charge on any atom is -0.384 e. The summed E-state index contributed by atoms with van der Waals surface area (Å²) >= 11 is 0. The summed E-state index contributed by atoms with van der Waals surface area (Å²) in [4.78, 5) is 0. The Labute approximate surface area is 117 Å². The molecule has 0 fully saturated rings. The molecule has 87 valence electrons. The van der Waals surface area contributed by atoms with Gasteiger partial charge in [-0.3, -0.25) is 0 Å². The zero-order valence-corrected chi connectivity index (χ0v) is 8.70. The smallest absolute Gasteiger partial charge is 0.384 e. The standard InChI is InChI=1S/C5H6F6O2.Eu/c6-4(7,8)2(12)1-3(13)5(9,10)11;/h2-3,12-13H,1H2;/i1D;. The Bertz CT molecular complexity index is 175. The van der Waals surface area contributed by atoms with Crippen molar-refractivity contribution in [3.05, 3.63) is 0 Å². The van der Waals surface area contributed by atoms with Gasteiger partial charge in [0.2, 0.25) is 0 Å². The summed E-state index contributed by atoms with van der Waals surface area (Å²) in [6.07, 6.45) is -20.9. The fraction of sp³-hybridized carbons (Fsp3) is 1.00. The fourth-order valence-electron chi connectivity index (χ4n) is 0.391. The number of rotatable bonds is 2. The maximum Gasteiger partial charge on any atom is 0.414 e. The summed E-state index contributed by atoms with van der Waals surface area (Å²) in [6, 6.07) is 0. The van der Waals surface area contributed by atoms with Crippen LogP contribution in [0.4, 0.5) is 26.3 Å². The fourth-order valence-corrected chi connectivity index (χ4v) is 0.391. The van der Waals surface area contributed by atoms with E-state index >= 15 is 0 Å². The van der Waals surface area contributed by atoms with E-state index in [2.05, 4.69) is 0 Å². The van der Waals surface area contributed by atoms with E-state index < -0.39 is 31.0 Å². The van der Waals surface area contributed by atoms with Gasteiger partial charge in [0.15, 0.2) is 12.2 Å². The maximum atomic E-state index is 11.6. The third-order valence-corrected chi connectivity index (χ3v) is 1.04. The van der Waals surface area contributed by atoms with Crippen molar-refractivity contribution in [2.75, 3.05) is 0 Å². The predicted molar refractivity (Wildman–Crippen MR) is 28.7 cm³/mol. The van der Waals surface area contributed by atoms with E-state index in [1.54, 1.807) is 0 Å². The molecule has 0 aliphatic rings.